The van der Waals surface area contributed by atoms with Gasteiger partial charge >= 0.3 is 0 Å². The maximum absolute atomic E-state index is 13.1. The number of nitrogens with zero attached hydrogens (tertiary/aromatic N) is 1. The minimum absolute atomic E-state index is 0.0570. The number of fused-ring (bicyclic) bond motifs is 3. The van der Waals surface area contributed by atoms with E-state index in [1.165, 1.54) is 30.6 Å². The zero-order valence-corrected chi connectivity index (χ0v) is 19.6. The molecule has 5 rings (SSSR count). The lowest BCUT2D eigenvalue weighted by atomic mass is 10.1. The summed E-state index contributed by atoms with van der Waals surface area (Å²) >= 11 is 1.38. The summed E-state index contributed by atoms with van der Waals surface area (Å²) in [5.41, 5.74) is 1.14. The summed E-state index contributed by atoms with van der Waals surface area (Å²) in [6.45, 7) is 0. The fraction of sp³-hybridized carbons (Fsp3) is 0.0400. The van der Waals surface area contributed by atoms with Gasteiger partial charge < -0.3 is 4.74 Å². The number of ether oxygens (including phenoxy) is 1. The highest BCUT2D eigenvalue weighted by atomic mass is 32.2. The van der Waals surface area contributed by atoms with Crippen LogP contribution in [0.2, 0.25) is 0 Å². The van der Waals surface area contributed by atoms with Crippen LogP contribution in [0.1, 0.15) is 10.4 Å². The number of carbonyl (C=O) groups excluding carboxylic acids is 1. The van der Waals surface area contributed by atoms with Gasteiger partial charge in [0.1, 0.15) is 5.75 Å². The summed E-state index contributed by atoms with van der Waals surface area (Å²) in [5.74, 6) is 0.0822. The van der Waals surface area contributed by atoms with Crippen molar-refractivity contribution in [2.75, 3.05) is 17.1 Å². The molecule has 0 radical (unpaired) electrons. The molecule has 1 heterocycles. The standard InChI is InChI=1S/C25H19N3O4S2/c1-32-17-11-13-18(14-12-17)34(30,31)28-21-9-5-4-8-20(21)24(29)27-25-26-22-15-10-16-6-2-3-7-19(16)23(22)33-25/h2-15,28H,1H3,(H,26,27,29). The van der Waals surface area contributed by atoms with Gasteiger partial charge in [0.15, 0.2) is 5.13 Å². The van der Waals surface area contributed by atoms with Crippen LogP contribution in [0.3, 0.4) is 0 Å². The van der Waals surface area contributed by atoms with Crippen LogP contribution >= 0.6 is 11.3 Å². The van der Waals surface area contributed by atoms with Crippen LogP contribution in [0.15, 0.2) is 89.8 Å². The van der Waals surface area contributed by atoms with Crippen molar-refractivity contribution < 1.29 is 17.9 Å². The smallest absolute Gasteiger partial charge is 0.261 e. The number of hydrogen-bond acceptors (Lipinski definition) is 6. The summed E-state index contributed by atoms with van der Waals surface area (Å²) in [4.78, 5) is 17.7. The number of thiazole rings is 1. The zero-order valence-electron chi connectivity index (χ0n) is 18.0. The number of anilines is 2. The number of hydrogen-bond donors (Lipinski definition) is 2. The van der Waals surface area contributed by atoms with Crippen molar-refractivity contribution in [2.45, 2.75) is 4.90 Å². The lowest BCUT2D eigenvalue weighted by molar-refractivity contribution is 0.102. The Balaban J connectivity index is 1.42. The molecule has 0 saturated carbocycles. The lowest BCUT2D eigenvalue weighted by Gasteiger charge is -2.12. The van der Waals surface area contributed by atoms with E-state index in [-0.39, 0.29) is 16.1 Å². The number of carbonyl (C=O) groups is 1. The van der Waals surface area contributed by atoms with E-state index >= 15 is 0 Å². The van der Waals surface area contributed by atoms with Gasteiger partial charge in [-0.1, -0.05) is 53.8 Å². The number of rotatable bonds is 6. The van der Waals surface area contributed by atoms with E-state index in [0.717, 1.165) is 21.0 Å². The molecule has 0 fully saturated rings. The summed E-state index contributed by atoms with van der Waals surface area (Å²) < 4.78 is 34.3. The fourth-order valence-corrected chi connectivity index (χ4v) is 5.68. The molecule has 0 saturated heterocycles. The Hall–Kier alpha value is -3.95. The number of benzene rings is 4. The van der Waals surface area contributed by atoms with Gasteiger partial charge in [-0.15, -0.1) is 0 Å². The van der Waals surface area contributed by atoms with Gasteiger partial charge in [-0.25, -0.2) is 13.4 Å². The molecule has 5 aromatic rings. The monoisotopic (exact) mass is 489 g/mol. The third-order valence-corrected chi connectivity index (χ3v) is 7.69. The van der Waals surface area contributed by atoms with Crippen molar-refractivity contribution in [1.29, 1.82) is 0 Å². The maximum Gasteiger partial charge on any atom is 0.261 e. The fourth-order valence-electron chi connectivity index (χ4n) is 3.60. The number of amides is 1. The molecular weight excluding hydrogens is 470 g/mol. The molecule has 0 aliphatic heterocycles. The third-order valence-electron chi connectivity index (χ3n) is 5.29. The normalized spacial score (nSPS) is 11.4. The molecule has 0 unspecified atom stereocenters. The number of sulfonamides is 1. The van der Waals surface area contributed by atoms with Gasteiger partial charge in [-0.2, -0.15) is 0 Å². The van der Waals surface area contributed by atoms with E-state index in [4.69, 9.17) is 4.74 Å². The van der Waals surface area contributed by atoms with E-state index in [0.29, 0.717) is 10.9 Å². The van der Waals surface area contributed by atoms with Crippen molar-refractivity contribution >= 4 is 59.1 Å². The second-order valence-electron chi connectivity index (χ2n) is 7.43. The third kappa shape index (κ3) is 4.18. The number of aromatic nitrogens is 1. The molecule has 2 N–H and O–H groups in total. The van der Waals surface area contributed by atoms with Crippen molar-refractivity contribution in [3.63, 3.8) is 0 Å². The molecule has 7 nitrogen and oxygen atoms in total. The van der Waals surface area contributed by atoms with E-state index < -0.39 is 15.9 Å². The molecular formula is C25H19N3O4S2. The Morgan fingerprint density at radius 3 is 2.44 bits per heavy atom. The molecule has 0 bridgehead atoms. The zero-order chi connectivity index (χ0) is 23.7. The van der Waals surface area contributed by atoms with Crippen LogP contribution in [0, 0.1) is 0 Å². The van der Waals surface area contributed by atoms with E-state index in [2.05, 4.69) is 15.0 Å². The second-order valence-corrected chi connectivity index (χ2v) is 10.1. The van der Waals surface area contributed by atoms with Crippen LogP contribution in [0.4, 0.5) is 10.8 Å². The Morgan fingerprint density at radius 1 is 0.912 bits per heavy atom. The first kappa shape index (κ1) is 21.9. The minimum atomic E-state index is -3.91. The van der Waals surface area contributed by atoms with Crippen molar-refractivity contribution in [3.8, 4) is 5.75 Å². The Bertz CT molecular complexity index is 1630. The topological polar surface area (TPSA) is 97.4 Å². The molecule has 1 aromatic heterocycles. The Labute approximate surface area is 200 Å². The first-order chi connectivity index (χ1) is 16.4. The van der Waals surface area contributed by atoms with Crippen molar-refractivity contribution in [3.05, 3.63) is 90.5 Å². The molecule has 0 aliphatic carbocycles. The quantitative estimate of drug-likeness (QED) is 0.328. The van der Waals surface area contributed by atoms with E-state index in [9.17, 15) is 13.2 Å². The van der Waals surface area contributed by atoms with Crippen LogP contribution in [-0.4, -0.2) is 26.4 Å². The average Bonchev–Trinajstić information content (AvgIpc) is 3.27. The Kier molecular flexibility index (Phi) is 5.64. The predicted molar refractivity (Wildman–Crippen MR) is 135 cm³/mol. The maximum atomic E-state index is 13.1. The molecule has 0 atom stereocenters. The SMILES string of the molecule is COc1ccc(S(=O)(=O)Nc2ccccc2C(=O)Nc2nc3ccc4ccccc4c3s2)cc1. The molecule has 9 heteroatoms. The van der Waals surface area contributed by atoms with Gasteiger partial charge in [0.05, 0.1) is 33.5 Å². The van der Waals surface area contributed by atoms with E-state index in [1.807, 2.05) is 36.4 Å². The van der Waals surface area contributed by atoms with Gasteiger partial charge in [0.25, 0.3) is 15.9 Å². The highest BCUT2D eigenvalue weighted by molar-refractivity contribution is 7.92. The first-order valence-corrected chi connectivity index (χ1v) is 12.6. The van der Waals surface area contributed by atoms with Gasteiger partial charge in [0.2, 0.25) is 0 Å². The minimum Gasteiger partial charge on any atom is -0.497 e. The van der Waals surface area contributed by atoms with Crippen LogP contribution in [-0.2, 0) is 10.0 Å². The summed E-state index contributed by atoms with van der Waals surface area (Å²) in [5, 5.41) is 5.40. The van der Waals surface area contributed by atoms with Gasteiger partial charge in [-0.05, 0) is 47.9 Å². The number of nitrogens with one attached hydrogen (secondary N) is 2. The largest absolute Gasteiger partial charge is 0.497 e. The molecule has 34 heavy (non-hydrogen) atoms. The lowest BCUT2D eigenvalue weighted by Crippen LogP contribution is -2.18. The summed E-state index contributed by atoms with van der Waals surface area (Å²) in [7, 11) is -2.41. The number of para-hydroxylation sites is 1. The van der Waals surface area contributed by atoms with E-state index in [1.54, 1.807) is 36.4 Å². The molecule has 0 spiro atoms. The van der Waals surface area contributed by atoms with Gasteiger partial charge in [-0.3, -0.25) is 14.8 Å². The predicted octanol–water partition coefficient (Wildman–Crippen LogP) is 5.51. The average molecular weight is 490 g/mol. The first-order valence-electron chi connectivity index (χ1n) is 10.3. The summed E-state index contributed by atoms with van der Waals surface area (Å²) in [6.07, 6.45) is 0. The van der Waals surface area contributed by atoms with Gasteiger partial charge in [0, 0.05) is 5.39 Å². The van der Waals surface area contributed by atoms with Crippen LogP contribution in [0.25, 0.3) is 21.0 Å². The molecule has 1 amide bonds. The van der Waals surface area contributed by atoms with Crippen LogP contribution in [0.5, 0.6) is 5.75 Å². The number of methoxy groups -OCH3 is 1. The highest BCUT2D eigenvalue weighted by Crippen LogP contribution is 2.33. The molecule has 0 aliphatic rings. The van der Waals surface area contributed by atoms with Crippen LogP contribution < -0.4 is 14.8 Å². The van der Waals surface area contributed by atoms with Crippen molar-refractivity contribution in [2.24, 2.45) is 0 Å². The second kappa shape index (κ2) is 8.77. The summed E-state index contributed by atoms with van der Waals surface area (Å²) in [6, 6.07) is 24.3. The highest BCUT2D eigenvalue weighted by Gasteiger charge is 2.20. The molecule has 170 valence electrons. The van der Waals surface area contributed by atoms with Crippen molar-refractivity contribution in [1.82, 2.24) is 4.98 Å². The Morgan fingerprint density at radius 2 is 1.65 bits per heavy atom. The molecule has 4 aromatic carbocycles.